The van der Waals surface area contributed by atoms with Crippen molar-refractivity contribution in [1.29, 1.82) is 0 Å². The molecule has 0 atom stereocenters. The number of halogens is 1. The Hall–Kier alpha value is -1.36. The number of esters is 1. The van der Waals surface area contributed by atoms with Crippen molar-refractivity contribution in [3.8, 4) is 0 Å². The molecule has 0 saturated heterocycles. The lowest BCUT2D eigenvalue weighted by molar-refractivity contribution is -0.125. The Morgan fingerprint density at radius 2 is 1.95 bits per heavy atom. The second-order valence-corrected chi connectivity index (χ2v) is 5.70. The van der Waals surface area contributed by atoms with Crippen LogP contribution >= 0.6 is 15.9 Å². The van der Waals surface area contributed by atoms with Gasteiger partial charge in [-0.25, -0.2) is 4.79 Å². The molecule has 0 unspecified atom stereocenters. The van der Waals surface area contributed by atoms with Crippen LogP contribution in [0.2, 0.25) is 0 Å². The second kappa shape index (κ2) is 6.70. The molecule has 0 spiro atoms. The average Bonchev–Trinajstić information content (AvgIpc) is 2.36. The topological polar surface area (TPSA) is 55.4 Å². The van der Waals surface area contributed by atoms with Crippen molar-refractivity contribution >= 4 is 27.8 Å². The van der Waals surface area contributed by atoms with E-state index in [0.29, 0.717) is 10.0 Å². The van der Waals surface area contributed by atoms with Gasteiger partial charge in [0.2, 0.25) is 0 Å². The first-order valence-electron chi connectivity index (χ1n) is 6.08. The highest BCUT2D eigenvalue weighted by Gasteiger charge is 2.19. The highest BCUT2D eigenvalue weighted by atomic mass is 79.9. The molecule has 19 heavy (non-hydrogen) atoms. The molecule has 104 valence electrons. The fourth-order valence-corrected chi connectivity index (χ4v) is 1.78. The minimum absolute atomic E-state index is 0.274. The molecule has 0 aliphatic heterocycles. The lowest BCUT2D eigenvalue weighted by atomic mass is 10.0. The zero-order chi connectivity index (χ0) is 14.5. The van der Waals surface area contributed by atoms with Crippen LogP contribution in [0, 0.1) is 0 Å². The van der Waals surface area contributed by atoms with E-state index < -0.39 is 5.97 Å². The molecule has 1 amide bonds. The lowest BCUT2D eigenvalue weighted by Crippen LogP contribution is -2.44. The minimum Gasteiger partial charge on any atom is -0.452 e. The fourth-order valence-electron chi connectivity index (χ4n) is 1.34. The van der Waals surface area contributed by atoms with Gasteiger partial charge in [0.1, 0.15) is 0 Å². The maximum Gasteiger partial charge on any atom is 0.339 e. The third kappa shape index (κ3) is 5.03. The summed E-state index contributed by atoms with van der Waals surface area (Å²) < 4.78 is 5.63. The van der Waals surface area contributed by atoms with Crippen LogP contribution in [0.5, 0.6) is 0 Å². The van der Waals surface area contributed by atoms with Gasteiger partial charge in [-0.3, -0.25) is 4.79 Å². The third-order valence-electron chi connectivity index (χ3n) is 2.79. The number of hydrogen-bond donors (Lipinski definition) is 1. The van der Waals surface area contributed by atoms with E-state index >= 15 is 0 Å². The molecule has 0 bridgehead atoms. The molecule has 0 heterocycles. The van der Waals surface area contributed by atoms with Crippen LogP contribution in [0.25, 0.3) is 0 Å². The first-order valence-corrected chi connectivity index (χ1v) is 6.87. The van der Waals surface area contributed by atoms with Gasteiger partial charge in [-0.05, 0) is 48.3 Å². The van der Waals surface area contributed by atoms with Crippen molar-refractivity contribution in [2.45, 2.75) is 32.7 Å². The summed E-state index contributed by atoms with van der Waals surface area (Å²) in [6.45, 7) is 5.54. The monoisotopic (exact) mass is 327 g/mol. The van der Waals surface area contributed by atoms with E-state index in [4.69, 9.17) is 4.74 Å². The summed E-state index contributed by atoms with van der Waals surface area (Å²) >= 11 is 3.26. The van der Waals surface area contributed by atoms with Gasteiger partial charge < -0.3 is 10.1 Å². The summed E-state index contributed by atoms with van der Waals surface area (Å²) in [6.07, 6.45) is 0.802. The number of amides is 1. The highest BCUT2D eigenvalue weighted by Crippen LogP contribution is 2.16. The van der Waals surface area contributed by atoms with Crippen molar-refractivity contribution < 1.29 is 14.3 Å². The van der Waals surface area contributed by atoms with Crippen molar-refractivity contribution in [2.24, 2.45) is 0 Å². The predicted molar refractivity (Wildman–Crippen MR) is 76.9 cm³/mol. The van der Waals surface area contributed by atoms with Crippen LogP contribution in [0.1, 0.15) is 37.6 Å². The Morgan fingerprint density at radius 3 is 2.53 bits per heavy atom. The fraction of sp³-hybridized carbons (Fsp3) is 0.429. The standard InChI is InChI=1S/C14H18BrNO3/c1-4-14(2,3)16-12(17)9-19-13(18)10-7-5-6-8-11(10)15/h5-8H,4,9H2,1-3H3,(H,16,17). The van der Waals surface area contributed by atoms with E-state index in [1.807, 2.05) is 20.8 Å². The molecule has 0 radical (unpaired) electrons. The van der Waals surface area contributed by atoms with Crippen LogP contribution in [0.3, 0.4) is 0 Å². The molecule has 1 N–H and O–H groups in total. The summed E-state index contributed by atoms with van der Waals surface area (Å²) in [5, 5.41) is 2.80. The Balaban J connectivity index is 2.52. The Kier molecular flexibility index (Phi) is 5.54. The smallest absolute Gasteiger partial charge is 0.339 e. The highest BCUT2D eigenvalue weighted by molar-refractivity contribution is 9.10. The van der Waals surface area contributed by atoms with E-state index in [2.05, 4.69) is 21.2 Å². The molecule has 0 aliphatic rings. The molecule has 0 aromatic heterocycles. The minimum atomic E-state index is -0.517. The van der Waals surface area contributed by atoms with Gasteiger partial charge >= 0.3 is 5.97 Å². The number of benzene rings is 1. The van der Waals surface area contributed by atoms with Gasteiger partial charge in [0.25, 0.3) is 5.91 Å². The van der Waals surface area contributed by atoms with Gasteiger partial charge in [0.15, 0.2) is 6.61 Å². The quantitative estimate of drug-likeness (QED) is 0.846. The number of carbonyl (C=O) groups is 2. The zero-order valence-electron chi connectivity index (χ0n) is 11.3. The van der Waals surface area contributed by atoms with Gasteiger partial charge in [0.05, 0.1) is 5.56 Å². The molecule has 4 nitrogen and oxygen atoms in total. The first kappa shape index (κ1) is 15.7. The lowest BCUT2D eigenvalue weighted by Gasteiger charge is -2.24. The number of ether oxygens (including phenoxy) is 1. The molecular formula is C14H18BrNO3. The van der Waals surface area contributed by atoms with Gasteiger partial charge in [0, 0.05) is 10.0 Å². The first-order chi connectivity index (χ1) is 8.85. The van der Waals surface area contributed by atoms with E-state index in [9.17, 15) is 9.59 Å². The third-order valence-corrected chi connectivity index (χ3v) is 3.48. The Labute approximate surface area is 121 Å². The summed E-state index contributed by atoms with van der Waals surface area (Å²) in [4.78, 5) is 23.4. The van der Waals surface area contributed by atoms with Gasteiger partial charge in [-0.1, -0.05) is 19.1 Å². The Morgan fingerprint density at radius 1 is 1.32 bits per heavy atom. The summed E-state index contributed by atoms with van der Waals surface area (Å²) in [5.41, 5.74) is 0.113. The van der Waals surface area contributed by atoms with E-state index in [-0.39, 0.29) is 18.1 Å². The van der Waals surface area contributed by atoms with E-state index in [1.165, 1.54) is 0 Å². The molecule has 0 fully saturated rings. The predicted octanol–water partition coefficient (Wildman–Crippen LogP) is 2.91. The number of hydrogen-bond acceptors (Lipinski definition) is 3. The maximum atomic E-state index is 11.8. The summed E-state index contributed by atoms with van der Waals surface area (Å²) in [5.74, 6) is -0.816. The molecule has 1 rings (SSSR count). The van der Waals surface area contributed by atoms with Crippen LogP contribution in [-0.4, -0.2) is 24.0 Å². The zero-order valence-corrected chi connectivity index (χ0v) is 12.9. The van der Waals surface area contributed by atoms with E-state index in [1.54, 1.807) is 24.3 Å². The van der Waals surface area contributed by atoms with Crippen LogP contribution in [0.4, 0.5) is 0 Å². The van der Waals surface area contributed by atoms with Crippen LogP contribution in [-0.2, 0) is 9.53 Å². The molecule has 0 saturated carbocycles. The molecular weight excluding hydrogens is 310 g/mol. The molecule has 1 aromatic rings. The average molecular weight is 328 g/mol. The van der Waals surface area contributed by atoms with Crippen molar-refractivity contribution in [1.82, 2.24) is 5.32 Å². The second-order valence-electron chi connectivity index (χ2n) is 4.84. The van der Waals surface area contributed by atoms with Crippen molar-refractivity contribution in [3.63, 3.8) is 0 Å². The maximum absolute atomic E-state index is 11.8. The van der Waals surface area contributed by atoms with E-state index in [0.717, 1.165) is 6.42 Å². The number of carbonyl (C=O) groups excluding carboxylic acids is 2. The molecule has 1 aromatic carbocycles. The number of nitrogens with one attached hydrogen (secondary N) is 1. The molecule has 0 aliphatic carbocycles. The number of rotatable bonds is 5. The Bertz CT molecular complexity index is 472. The normalized spacial score (nSPS) is 10.9. The largest absolute Gasteiger partial charge is 0.452 e. The summed E-state index contributed by atoms with van der Waals surface area (Å²) in [6, 6.07) is 6.93. The van der Waals surface area contributed by atoms with Crippen molar-refractivity contribution in [3.05, 3.63) is 34.3 Å². The summed E-state index contributed by atoms with van der Waals surface area (Å²) in [7, 11) is 0. The van der Waals surface area contributed by atoms with Crippen LogP contribution < -0.4 is 5.32 Å². The SMILES string of the molecule is CCC(C)(C)NC(=O)COC(=O)c1ccccc1Br. The van der Waals surface area contributed by atoms with Crippen LogP contribution in [0.15, 0.2) is 28.7 Å². The van der Waals surface area contributed by atoms with Crippen molar-refractivity contribution in [2.75, 3.05) is 6.61 Å². The van der Waals surface area contributed by atoms with Gasteiger partial charge in [-0.15, -0.1) is 0 Å². The van der Waals surface area contributed by atoms with Gasteiger partial charge in [-0.2, -0.15) is 0 Å². The molecule has 5 heteroatoms.